The van der Waals surface area contributed by atoms with Crippen molar-refractivity contribution in [2.45, 2.75) is 84.5 Å². The molecule has 0 saturated carbocycles. The highest BCUT2D eigenvalue weighted by atomic mass is 28.5. The Kier molecular flexibility index (Phi) is 10.2. The zero-order valence-electron chi connectivity index (χ0n) is 18.0. The van der Waals surface area contributed by atoms with Gasteiger partial charge in [0.15, 0.2) is 16.6 Å². The van der Waals surface area contributed by atoms with E-state index in [9.17, 15) is 9.90 Å². The van der Waals surface area contributed by atoms with Crippen molar-refractivity contribution in [1.82, 2.24) is 0 Å². The van der Waals surface area contributed by atoms with Crippen LogP contribution in [0.4, 0.5) is 0 Å². The Morgan fingerprint density at radius 1 is 1.04 bits per heavy atom. The number of esters is 1. The second-order valence-corrected chi connectivity index (χ2v) is 21.7. The van der Waals surface area contributed by atoms with E-state index in [1.807, 2.05) is 0 Å². The molecule has 0 spiro atoms. The third kappa shape index (κ3) is 13.0. The van der Waals surface area contributed by atoms with E-state index in [4.69, 9.17) is 17.7 Å². The quantitative estimate of drug-likeness (QED) is 0.222. The summed E-state index contributed by atoms with van der Waals surface area (Å²) in [6, 6.07) is 0.648. The monoisotopic (exact) mass is 422 g/mol. The molecule has 0 rings (SSSR count). The molecule has 0 amide bonds. The SMILES string of the molecule is C=C(C)C(=O)OC(CC[Si](C)(O[Si](C)(C)C)O[Si](C)(C)C)OCC(C)O. The van der Waals surface area contributed by atoms with Crippen molar-refractivity contribution in [1.29, 1.82) is 0 Å². The van der Waals surface area contributed by atoms with E-state index < -0.39 is 43.6 Å². The second kappa shape index (κ2) is 10.3. The molecule has 0 bridgehead atoms. The Hall–Kier alpha value is -0.299. The number of carbonyl (C=O) groups excluding carboxylic acids is 1. The molecule has 0 aliphatic heterocycles. The lowest BCUT2D eigenvalue weighted by Crippen LogP contribution is -2.52. The zero-order valence-corrected chi connectivity index (χ0v) is 21.0. The Morgan fingerprint density at radius 2 is 1.50 bits per heavy atom. The minimum absolute atomic E-state index is 0.0934. The van der Waals surface area contributed by atoms with Crippen molar-refractivity contribution in [3.63, 3.8) is 0 Å². The molecule has 1 N–H and O–H groups in total. The average molecular weight is 423 g/mol. The molecule has 2 unspecified atom stereocenters. The summed E-state index contributed by atoms with van der Waals surface area (Å²) in [5.74, 6) is -0.499. The van der Waals surface area contributed by atoms with Crippen LogP contribution in [0.2, 0.25) is 51.9 Å². The van der Waals surface area contributed by atoms with Crippen molar-refractivity contribution in [3.05, 3.63) is 12.2 Å². The number of aliphatic hydroxyl groups excluding tert-OH is 1. The average Bonchev–Trinajstić information content (AvgIpc) is 2.36. The molecule has 26 heavy (non-hydrogen) atoms. The van der Waals surface area contributed by atoms with Crippen LogP contribution in [0, 0.1) is 0 Å². The van der Waals surface area contributed by atoms with Crippen molar-refractivity contribution < 1.29 is 27.6 Å². The zero-order chi connectivity index (χ0) is 20.8. The van der Waals surface area contributed by atoms with E-state index in [2.05, 4.69) is 52.4 Å². The highest BCUT2D eigenvalue weighted by molar-refractivity contribution is 6.87. The molecule has 0 saturated heterocycles. The Bertz CT molecular complexity index is 452. The standard InChI is InChI=1S/C17H38O6Si3/c1-14(2)17(19)21-16(20-13-15(3)18)11-12-26(10,22-24(4,5)6)23-25(7,8)9/h15-16,18H,1,11-13H2,2-10H3. The van der Waals surface area contributed by atoms with Gasteiger partial charge in [-0.3, -0.25) is 0 Å². The van der Waals surface area contributed by atoms with Gasteiger partial charge in [0, 0.05) is 12.0 Å². The first-order valence-electron chi connectivity index (χ1n) is 9.09. The third-order valence-corrected chi connectivity index (χ3v) is 12.5. The van der Waals surface area contributed by atoms with Crippen LogP contribution in [-0.2, 0) is 22.5 Å². The second-order valence-electron chi connectivity index (χ2n) is 8.90. The van der Waals surface area contributed by atoms with Gasteiger partial charge in [0.25, 0.3) is 0 Å². The third-order valence-electron chi connectivity index (χ3n) is 2.99. The largest absolute Gasteiger partial charge is 0.437 e. The first-order chi connectivity index (χ1) is 11.5. The van der Waals surface area contributed by atoms with Crippen LogP contribution in [-0.4, -0.2) is 55.3 Å². The molecular formula is C17H38O6Si3. The molecule has 0 fully saturated rings. The molecule has 0 aliphatic carbocycles. The number of aliphatic hydroxyl groups is 1. The minimum atomic E-state index is -2.45. The lowest BCUT2D eigenvalue weighted by Gasteiger charge is -2.39. The molecule has 0 radical (unpaired) electrons. The molecule has 2 atom stereocenters. The maximum Gasteiger partial charge on any atom is 0.335 e. The van der Waals surface area contributed by atoms with Crippen LogP contribution in [0.25, 0.3) is 0 Å². The van der Waals surface area contributed by atoms with Gasteiger partial charge in [0.05, 0.1) is 12.7 Å². The summed E-state index contributed by atoms with van der Waals surface area (Å²) < 4.78 is 23.9. The maximum absolute atomic E-state index is 11.9. The Labute approximate surface area is 162 Å². The van der Waals surface area contributed by atoms with E-state index in [0.717, 1.165) is 0 Å². The van der Waals surface area contributed by atoms with Crippen molar-refractivity contribution in [2.24, 2.45) is 0 Å². The first-order valence-corrected chi connectivity index (χ1v) is 18.4. The van der Waals surface area contributed by atoms with Crippen molar-refractivity contribution in [3.8, 4) is 0 Å². The van der Waals surface area contributed by atoms with Gasteiger partial charge in [-0.1, -0.05) is 6.58 Å². The topological polar surface area (TPSA) is 74.2 Å². The summed E-state index contributed by atoms with van der Waals surface area (Å²) in [6.07, 6.45) is -0.930. The molecular weight excluding hydrogens is 384 g/mol. The molecule has 9 heteroatoms. The summed E-state index contributed by atoms with van der Waals surface area (Å²) in [7, 11) is -6.04. The highest BCUT2D eigenvalue weighted by Crippen LogP contribution is 2.27. The number of hydrogen-bond acceptors (Lipinski definition) is 6. The van der Waals surface area contributed by atoms with Crippen LogP contribution in [0.5, 0.6) is 0 Å². The van der Waals surface area contributed by atoms with E-state index in [1.165, 1.54) is 0 Å². The lowest BCUT2D eigenvalue weighted by atomic mass is 10.3. The van der Waals surface area contributed by atoms with E-state index in [-0.39, 0.29) is 6.61 Å². The van der Waals surface area contributed by atoms with Gasteiger partial charge in [-0.15, -0.1) is 0 Å². The van der Waals surface area contributed by atoms with Gasteiger partial charge in [0.1, 0.15) is 0 Å². The maximum atomic E-state index is 11.9. The highest BCUT2D eigenvalue weighted by Gasteiger charge is 2.40. The Balaban J connectivity index is 5.16. The van der Waals surface area contributed by atoms with Gasteiger partial charge < -0.3 is 22.8 Å². The van der Waals surface area contributed by atoms with Crippen LogP contribution in [0.3, 0.4) is 0 Å². The fourth-order valence-corrected chi connectivity index (χ4v) is 14.9. The van der Waals surface area contributed by atoms with Gasteiger partial charge in [0.2, 0.25) is 6.29 Å². The lowest BCUT2D eigenvalue weighted by molar-refractivity contribution is -0.179. The summed E-state index contributed by atoms with van der Waals surface area (Å²) in [5.41, 5.74) is 0.312. The van der Waals surface area contributed by atoms with Gasteiger partial charge in [-0.2, -0.15) is 0 Å². The number of rotatable bonds is 12. The molecule has 0 aromatic carbocycles. The van der Waals surface area contributed by atoms with Crippen LogP contribution in [0.1, 0.15) is 20.3 Å². The van der Waals surface area contributed by atoms with Gasteiger partial charge in [-0.05, 0) is 65.7 Å². The van der Waals surface area contributed by atoms with Crippen LogP contribution >= 0.6 is 0 Å². The van der Waals surface area contributed by atoms with Crippen LogP contribution < -0.4 is 0 Å². The molecule has 154 valence electrons. The molecule has 0 aliphatic rings. The van der Waals surface area contributed by atoms with Crippen molar-refractivity contribution in [2.75, 3.05) is 6.61 Å². The van der Waals surface area contributed by atoms with E-state index >= 15 is 0 Å². The normalized spacial score (nSPS) is 15.5. The fraction of sp³-hybridized carbons (Fsp3) is 0.824. The molecule has 0 heterocycles. The molecule has 6 nitrogen and oxygen atoms in total. The van der Waals surface area contributed by atoms with Gasteiger partial charge in [-0.25, -0.2) is 4.79 Å². The Morgan fingerprint density at radius 3 is 1.85 bits per heavy atom. The number of hydrogen-bond donors (Lipinski definition) is 1. The van der Waals surface area contributed by atoms with E-state index in [0.29, 0.717) is 18.0 Å². The predicted molar refractivity (Wildman–Crippen MR) is 112 cm³/mol. The number of ether oxygens (including phenoxy) is 2. The van der Waals surface area contributed by atoms with Crippen LogP contribution in [0.15, 0.2) is 12.2 Å². The fourth-order valence-electron chi connectivity index (χ4n) is 2.44. The predicted octanol–water partition coefficient (Wildman–Crippen LogP) is 3.99. The first kappa shape index (κ1) is 25.7. The summed E-state index contributed by atoms with van der Waals surface area (Å²) in [5, 5.41) is 9.47. The minimum Gasteiger partial charge on any atom is -0.437 e. The summed E-state index contributed by atoms with van der Waals surface area (Å²) in [6.45, 7) is 21.9. The van der Waals surface area contributed by atoms with E-state index in [1.54, 1.807) is 13.8 Å². The summed E-state index contributed by atoms with van der Waals surface area (Å²) >= 11 is 0. The summed E-state index contributed by atoms with van der Waals surface area (Å²) in [4.78, 5) is 11.9. The molecule has 0 aromatic rings. The van der Waals surface area contributed by atoms with Gasteiger partial charge >= 0.3 is 14.5 Å². The van der Waals surface area contributed by atoms with Crippen molar-refractivity contribution >= 4 is 31.2 Å². The number of carbonyl (C=O) groups is 1. The molecule has 0 aromatic heterocycles. The smallest absolute Gasteiger partial charge is 0.335 e.